The van der Waals surface area contributed by atoms with Gasteiger partial charge in [0, 0.05) is 18.8 Å². The van der Waals surface area contributed by atoms with Crippen molar-refractivity contribution in [1.29, 1.82) is 0 Å². The first-order valence-corrected chi connectivity index (χ1v) is 6.90. The minimum Gasteiger partial charge on any atom is -0.317 e. The van der Waals surface area contributed by atoms with Crippen molar-refractivity contribution in [3.63, 3.8) is 0 Å². The van der Waals surface area contributed by atoms with Crippen molar-refractivity contribution in [2.24, 2.45) is 5.84 Å². The predicted octanol–water partition coefficient (Wildman–Crippen LogP) is 2.20. The van der Waals surface area contributed by atoms with Crippen molar-refractivity contribution < 1.29 is 4.39 Å². The Hall–Kier alpha value is -1.39. The van der Waals surface area contributed by atoms with Crippen LogP contribution in [-0.2, 0) is 6.42 Å². The Morgan fingerprint density at radius 1 is 1.37 bits per heavy atom. The standard InChI is InChI=1S/C15H22FN3/c16-14-8-6-13(7-9-14)4-1-2-11-19(17)12-15-5-3-10-18-15/h2,6-9,11,15,18H,1,3-5,10,12,17H2/b11-2-. The zero-order valence-corrected chi connectivity index (χ0v) is 11.2. The lowest BCUT2D eigenvalue weighted by Gasteiger charge is -2.18. The van der Waals surface area contributed by atoms with Crippen LogP contribution in [0.5, 0.6) is 0 Å². The number of rotatable bonds is 6. The van der Waals surface area contributed by atoms with Gasteiger partial charge in [-0.1, -0.05) is 18.2 Å². The van der Waals surface area contributed by atoms with Crippen molar-refractivity contribution in [1.82, 2.24) is 10.3 Å². The summed E-state index contributed by atoms with van der Waals surface area (Å²) >= 11 is 0. The van der Waals surface area contributed by atoms with Gasteiger partial charge in [-0.15, -0.1) is 0 Å². The Morgan fingerprint density at radius 3 is 2.84 bits per heavy atom. The van der Waals surface area contributed by atoms with Gasteiger partial charge in [0.15, 0.2) is 0 Å². The van der Waals surface area contributed by atoms with Gasteiger partial charge < -0.3 is 10.3 Å². The maximum absolute atomic E-state index is 12.7. The second kappa shape index (κ2) is 7.26. The Labute approximate surface area is 114 Å². The van der Waals surface area contributed by atoms with Crippen molar-refractivity contribution in [2.45, 2.75) is 31.7 Å². The quantitative estimate of drug-likeness (QED) is 0.610. The van der Waals surface area contributed by atoms with E-state index in [4.69, 9.17) is 5.84 Å². The molecule has 1 aliphatic heterocycles. The molecule has 4 heteroatoms. The number of hydrogen-bond acceptors (Lipinski definition) is 3. The van der Waals surface area contributed by atoms with E-state index in [1.807, 2.05) is 18.3 Å². The van der Waals surface area contributed by atoms with Gasteiger partial charge in [-0.05, 0) is 49.9 Å². The zero-order chi connectivity index (χ0) is 13.5. The fourth-order valence-corrected chi connectivity index (χ4v) is 2.34. The summed E-state index contributed by atoms with van der Waals surface area (Å²) in [6.07, 6.45) is 8.27. The van der Waals surface area contributed by atoms with Gasteiger partial charge in [0.2, 0.25) is 0 Å². The van der Waals surface area contributed by atoms with E-state index in [-0.39, 0.29) is 5.82 Å². The van der Waals surface area contributed by atoms with E-state index in [9.17, 15) is 4.39 Å². The van der Waals surface area contributed by atoms with E-state index in [1.54, 1.807) is 5.01 Å². The number of allylic oxidation sites excluding steroid dienone is 1. The molecule has 1 heterocycles. The van der Waals surface area contributed by atoms with Crippen LogP contribution in [0, 0.1) is 5.82 Å². The maximum atomic E-state index is 12.7. The van der Waals surface area contributed by atoms with Crippen LogP contribution in [0.2, 0.25) is 0 Å². The number of nitrogens with zero attached hydrogens (tertiary/aromatic N) is 1. The fraction of sp³-hybridized carbons (Fsp3) is 0.467. The normalized spacial score (nSPS) is 19.2. The number of nitrogens with one attached hydrogen (secondary N) is 1. The van der Waals surface area contributed by atoms with Gasteiger partial charge in [0.05, 0.1) is 0 Å². The van der Waals surface area contributed by atoms with E-state index in [1.165, 1.54) is 25.0 Å². The summed E-state index contributed by atoms with van der Waals surface area (Å²) in [4.78, 5) is 0. The molecule has 1 saturated heterocycles. The molecule has 3 N–H and O–H groups in total. The molecule has 1 aromatic rings. The summed E-state index contributed by atoms with van der Waals surface area (Å²) in [5.41, 5.74) is 1.15. The van der Waals surface area contributed by atoms with Crippen LogP contribution >= 0.6 is 0 Å². The van der Waals surface area contributed by atoms with Crippen LogP contribution in [0.25, 0.3) is 0 Å². The highest BCUT2D eigenvalue weighted by Crippen LogP contribution is 2.07. The van der Waals surface area contributed by atoms with Crippen LogP contribution in [0.3, 0.4) is 0 Å². The van der Waals surface area contributed by atoms with Gasteiger partial charge in [0.25, 0.3) is 0 Å². The smallest absolute Gasteiger partial charge is 0.123 e. The van der Waals surface area contributed by atoms with Crippen molar-refractivity contribution in [3.05, 3.63) is 47.9 Å². The number of hydrogen-bond donors (Lipinski definition) is 2. The lowest BCUT2D eigenvalue weighted by Crippen LogP contribution is -2.38. The molecule has 1 fully saturated rings. The first-order valence-electron chi connectivity index (χ1n) is 6.90. The molecule has 2 rings (SSSR count). The Bertz CT molecular complexity index is 396. The summed E-state index contributed by atoms with van der Waals surface area (Å²) in [7, 11) is 0. The molecule has 0 bridgehead atoms. The number of halogens is 1. The van der Waals surface area contributed by atoms with Gasteiger partial charge in [-0.25, -0.2) is 10.2 Å². The molecule has 1 atom stereocenters. The molecular weight excluding hydrogens is 241 g/mol. The zero-order valence-electron chi connectivity index (χ0n) is 11.2. The number of benzene rings is 1. The molecule has 1 unspecified atom stereocenters. The molecule has 104 valence electrons. The largest absolute Gasteiger partial charge is 0.317 e. The van der Waals surface area contributed by atoms with Gasteiger partial charge in [-0.2, -0.15) is 0 Å². The monoisotopic (exact) mass is 263 g/mol. The molecule has 0 saturated carbocycles. The highest BCUT2D eigenvalue weighted by Gasteiger charge is 2.14. The average Bonchev–Trinajstić information content (AvgIpc) is 2.89. The molecule has 0 spiro atoms. The minimum absolute atomic E-state index is 0.184. The SMILES string of the molecule is NN(/C=C\CCc1ccc(F)cc1)CC1CCCN1. The van der Waals surface area contributed by atoms with Crippen LogP contribution in [0.1, 0.15) is 24.8 Å². The molecular formula is C15H22FN3. The molecule has 0 aromatic heterocycles. The minimum atomic E-state index is -0.184. The molecule has 0 aliphatic carbocycles. The third-order valence-corrected chi connectivity index (χ3v) is 3.40. The summed E-state index contributed by atoms with van der Waals surface area (Å²) in [6.45, 7) is 1.96. The summed E-state index contributed by atoms with van der Waals surface area (Å²) in [5.74, 6) is 5.73. The molecule has 3 nitrogen and oxygen atoms in total. The van der Waals surface area contributed by atoms with Crippen molar-refractivity contribution in [2.75, 3.05) is 13.1 Å². The first-order chi connectivity index (χ1) is 9.24. The van der Waals surface area contributed by atoms with E-state index < -0.39 is 0 Å². The summed E-state index contributed by atoms with van der Waals surface area (Å²) < 4.78 is 12.7. The second-order valence-corrected chi connectivity index (χ2v) is 5.04. The lowest BCUT2D eigenvalue weighted by molar-refractivity contribution is 0.345. The number of hydrazine groups is 1. The fourth-order valence-electron chi connectivity index (χ4n) is 2.34. The topological polar surface area (TPSA) is 41.3 Å². The third kappa shape index (κ3) is 5.01. The summed E-state index contributed by atoms with van der Waals surface area (Å²) in [5, 5.41) is 5.16. The molecule has 19 heavy (non-hydrogen) atoms. The number of nitrogens with two attached hydrogens (primary N) is 1. The molecule has 1 aromatic carbocycles. The van der Waals surface area contributed by atoms with E-state index >= 15 is 0 Å². The predicted molar refractivity (Wildman–Crippen MR) is 75.8 cm³/mol. The summed E-state index contributed by atoms with van der Waals surface area (Å²) in [6, 6.07) is 7.17. The Balaban J connectivity index is 1.66. The van der Waals surface area contributed by atoms with Crippen LogP contribution in [0.15, 0.2) is 36.5 Å². The Morgan fingerprint density at radius 2 is 2.16 bits per heavy atom. The highest BCUT2D eigenvalue weighted by molar-refractivity contribution is 5.16. The lowest BCUT2D eigenvalue weighted by atomic mass is 10.1. The maximum Gasteiger partial charge on any atom is 0.123 e. The highest BCUT2D eigenvalue weighted by atomic mass is 19.1. The second-order valence-electron chi connectivity index (χ2n) is 5.04. The average molecular weight is 263 g/mol. The Kier molecular flexibility index (Phi) is 5.36. The molecule has 0 radical (unpaired) electrons. The van der Waals surface area contributed by atoms with Crippen LogP contribution < -0.4 is 11.2 Å². The third-order valence-electron chi connectivity index (χ3n) is 3.40. The van der Waals surface area contributed by atoms with Crippen LogP contribution in [0.4, 0.5) is 4.39 Å². The molecule has 0 amide bonds. The van der Waals surface area contributed by atoms with Crippen molar-refractivity contribution in [3.8, 4) is 0 Å². The van der Waals surface area contributed by atoms with Gasteiger partial charge in [-0.3, -0.25) is 0 Å². The van der Waals surface area contributed by atoms with Crippen molar-refractivity contribution >= 4 is 0 Å². The van der Waals surface area contributed by atoms with Gasteiger partial charge in [0.1, 0.15) is 5.82 Å². The van der Waals surface area contributed by atoms with Gasteiger partial charge >= 0.3 is 0 Å². The molecule has 1 aliphatic rings. The number of aryl methyl sites for hydroxylation is 1. The van der Waals surface area contributed by atoms with E-state index in [2.05, 4.69) is 11.4 Å². The van der Waals surface area contributed by atoms with E-state index in [0.29, 0.717) is 6.04 Å². The first kappa shape index (κ1) is 14.0. The van der Waals surface area contributed by atoms with E-state index in [0.717, 1.165) is 31.5 Å². The van der Waals surface area contributed by atoms with Crippen LogP contribution in [-0.4, -0.2) is 24.1 Å².